The smallest absolute Gasteiger partial charge is 0.339 e. The second-order valence-electron chi connectivity index (χ2n) is 6.77. The number of amides is 1. The van der Waals surface area contributed by atoms with Gasteiger partial charge in [0.1, 0.15) is 5.75 Å². The van der Waals surface area contributed by atoms with Gasteiger partial charge in [-0.15, -0.1) is 0 Å². The Balaban J connectivity index is 1.66. The quantitative estimate of drug-likeness (QED) is 0.706. The summed E-state index contributed by atoms with van der Waals surface area (Å²) in [6.45, 7) is 3.71. The minimum atomic E-state index is -0.670. The third-order valence-corrected chi connectivity index (χ3v) is 5.07. The number of carbonyl (C=O) groups is 2. The summed E-state index contributed by atoms with van der Waals surface area (Å²) in [5.74, 6) is -0.000153. The lowest BCUT2D eigenvalue weighted by atomic mass is 9.91. The maximum absolute atomic E-state index is 12.5. The van der Waals surface area contributed by atoms with Crippen LogP contribution >= 0.6 is 11.6 Å². The summed E-state index contributed by atoms with van der Waals surface area (Å²) in [4.78, 5) is 24.4. The van der Waals surface area contributed by atoms with E-state index in [-0.39, 0.29) is 23.1 Å². The van der Waals surface area contributed by atoms with Gasteiger partial charge in [0.15, 0.2) is 6.10 Å². The van der Waals surface area contributed by atoms with Crippen LogP contribution < -0.4 is 10.1 Å². The van der Waals surface area contributed by atoms with Gasteiger partial charge in [0.2, 0.25) is 0 Å². The first-order chi connectivity index (χ1) is 13.5. The van der Waals surface area contributed by atoms with E-state index < -0.39 is 12.1 Å². The maximum atomic E-state index is 12.5. The minimum absolute atomic E-state index is 0.224. The van der Waals surface area contributed by atoms with Crippen molar-refractivity contribution in [1.82, 2.24) is 0 Å². The third kappa shape index (κ3) is 4.65. The zero-order valence-electron chi connectivity index (χ0n) is 16.1. The Morgan fingerprint density at radius 2 is 1.96 bits per heavy atom. The Bertz CT molecular complexity index is 881. The molecule has 2 aromatic rings. The van der Waals surface area contributed by atoms with Crippen molar-refractivity contribution in [2.75, 3.05) is 11.9 Å². The molecule has 6 heteroatoms. The molecular formula is C22H24ClNO4. The van der Waals surface area contributed by atoms with Gasteiger partial charge in [0.05, 0.1) is 17.2 Å². The van der Waals surface area contributed by atoms with E-state index in [4.69, 9.17) is 21.1 Å². The van der Waals surface area contributed by atoms with Gasteiger partial charge in [-0.25, -0.2) is 4.79 Å². The number of hydrogen-bond donors (Lipinski definition) is 1. The number of hydrogen-bond acceptors (Lipinski definition) is 4. The Morgan fingerprint density at radius 3 is 2.71 bits per heavy atom. The lowest BCUT2D eigenvalue weighted by molar-refractivity contribution is -0.122. The summed E-state index contributed by atoms with van der Waals surface area (Å²) >= 11 is 6.15. The highest BCUT2D eigenvalue weighted by Gasteiger charge is 2.20. The average Bonchev–Trinajstić information content (AvgIpc) is 2.68. The van der Waals surface area contributed by atoms with Crippen LogP contribution in [0.3, 0.4) is 0 Å². The lowest BCUT2D eigenvalue weighted by Gasteiger charge is -2.22. The van der Waals surface area contributed by atoms with Crippen LogP contribution in [0.5, 0.6) is 5.75 Å². The summed E-state index contributed by atoms with van der Waals surface area (Å²) < 4.78 is 10.9. The average molecular weight is 402 g/mol. The maximum Gasteiger partial charge on any atom is 0.339 e. The van der Waals surface area contributed by atoms with Crippen LogP contribution in [0.2, 0.25) is 5.02 Å². The molecule has 0 fully saturated rings. The Labute approximate surface area is 170 Å². The molecule has 2 aromatic carbocycles. The molecule has 0 radical (unpaired) electrons. The van der Waals surface area contributed by atoms with Crippen LogP contribution in [-0.4, -0.2) is 24.6 Å². The van der Waals surface area contributed by atoms with Crippen LogP contribution in [0.4, 0.5) is 5.69 Å². The van der Waals surface area contributed by atoms with Gasteiger partial charge in [-0.2, -0.15) is 0 Å². The fraction of sp³-hybridized carbons (Fsp3) is 0.364. The molecule has 1 N–H and O–H groups in total. The Morgan fingerprint density at radius 1 is 1.18 bits per heavy atom. The van der Waals surface area contributed by atoms with Crippen LogP contribution in [0, 0.1) is 0 Å². The molecule has 0 bridgehead atoms. The van der Waals surface area contributed by atoms with Gasteiger partial charge < -0.3 is 14.8 Å². The SMILES string of the molecule is CCOC(=O)c1ccc(NC(=O)C(C)Oc2cccc3c2CCCC3)cc1Cl. The molecule has 0 heterocycles. The largest absolute Gasteiger partial charge is 0.481 e. The fourth-order valence-corrected chi connectivity index (χ4v) is 3.57. The predicted octanol–water partition coefficient (Wildman–Crippen LogP) is 4.80. The van der Waals surface area contributed by atoms with Gasteiger partial charge in [-0.1, -0.05) is 23.7 Å². The first-order valence-electron chi connectivity index (χ1n) is 9.54. The molecule has 1 unspecified atom stereocenters. The van der Waals surface area contributed by atoms with Crippen molar-refractivity contribution < 1.29 is 19.1 Å². The molecule has 1 aliphatic rings. The van der Waals surface area contributed by atoms with Gasteiger partial charge >= 0.3 is 5.97 Å². The van der Waals surface area contributed by atoms with Gasteiger partial charge in [0.25, 0.3) is 5.91 Å². The fourth-order valence-electron chi connectivity index (χ4n) is 3.31. The van der Waals surface area contributed by atoms with Crippen molar-refractivity contribution in [2.45, 2.75) is 45.6 Å². The van der Waals surface area contributed by atoms with Crippen molar-refractivity contribution in [2.24, 2.45) is 0 Å². The second kappa shape index (κ2) is 9.11. The zero-order chi connectivity index (χ0) is 20.1. The molecule has 0 spiro atoms. The third-order valence-electron chi connectivity index (χ3n) is 4.76. The Hall–Kier alpha value is -2.53. The number of anilines is 1. The van der Waals surface area contributed by atoms with Crippen LogP contribution in [0.1, 0.15) is 48.2 Å². The van der Waals surface area contributed by atoms with Gasteiger partial charge in [-0.05, 0) is 74.9 Å². The van der Waals surface area contributed by atoms with Crippen LogP contribution in [0.15, 0.2) is 36.4 Å². The van der Waals surface area contributed by atoms with E-state index in [0.29, 0.717) is 5.69 Å². The number of fused-ring (bicyclic) bond motifs is 1. The van der Waals surface area contributed by atoms with E-state index in [0.717, 1.165) is 25.0 Å². The molecule has 0 aliphatic heterocycles. The van der Waals surface area contributed by atoms with Crippen LogP contribution in [0.25, 0.3) is 0 Å². The highest BCUT2D eigenvalue weighted by atomic mass is 35.5. The lowest BCUT2D eigenvalue weighted by Crippen LogP contribution is -2.30. The summed E-state index contributed by atoms with van der Waals surface area (Å²) in [5.41, 5.74) is 3.27. The normalized spacial score (nSPS) is 14.0. The summed E-state index contributed by atoms with van der Waals surface area (Å²) in [5, 5.41) is 3.00. The number of benzene rings is 2. The van der Waals surface area contributed by atoms with E-state index in [2.05, 4.69) is 11.4 Å². The number of carbonyl (C=O) groups excluding carboxylic acids is 2. The number of nitrogens with one attached hydrogen (secondary N) is 1. The van der Waals surface area contributed by atoms with E-state index in [9.17, 15) is 9.59 Å². The number of halogens is 1. The monoisotopic (exact) mass is 401 g/mol. The van der Waals surface area contributed by atoms with E-state index in [1.807, 2.05) is 12.1 Å². The van der Waals surface area contributed by atoms with E-state index >= 15 is 0 Å². The number of ether oxygens (including phenoxy) is 2. The van der Waals surface area contributed by atoms with Crippen molar-refractivity contribution in [1.29, 1.82) is 0 Å². The molecule has 148 valence electrons. The van der Waals surface area contributed by atoms with Gasteiger partial charge in [-0.3, -0.25) is 4.79 Å². The molecule has 1 amide bonds. The first-order valence-corrected chi connectivity index (χ1v) is 9.92. The molecule has 1 atom stereocenters. The van der Waals surface area contributed by atoms with Crippen molar-refractivity contribution in [3.63, 3.8) is 0 Å². The predicted molar refractivity (Wildman–Crippen MR) is 109 cm³/mol. The molecular weight excluding hydrogens is 378 g/mol. The summed E-state index contributed by atoms with van der Waals surface area (Å²) in [6, 6.07) is 10.7. The highest BCUT2D eigenvalue weighted by Crippen LogP contribution is 2.30. The minimum Gasteiger partial charge on any atom is -0.481 e. The molecule has 3 rings (SSSR count). The van der Waals surface area contributed by atoms with E-state index in [1.165, 1.54) is 29.7 Å². The summed E-state index contributed by atoms with van der Waals surface area (Å²) in [7, 11) is 0. The molecule has 28 heavy (non-hydrogen) atoms. The second-order valence-corrected chi connectivity index (χ2v) is 7.17. The van der Waals surface area contributed by atoms with Crippen molar-refractivity contribution in [3.05, 3.63) is 58.1 Å². The van der Waals surface area contributed by atoms with Gasteiger partial charge in [0, 0.05) is 5.69 Å². The zero-order valence-corrected chi connectivity index (χ0v) is 16.8. The number of aryl methyl sites for hydroxylation is 1. The van der Waals surface area contributed by atoms with Crippen LogP contribution in [-0.2, 0) is 22.4 Å². The highest BCUT2D eigenvalue weighted by molar-refractivity contribution is 6.34. The number of esters is 1. The standard InChI is InChI=1S/C22H24ClNO4/c1-3-27-22(26)18-12-11-16(13-19(18)23)24-21(25)14(2)28-20-10-6-8-15-7-4-5-9-17(15)20/h6,8,10-14H,3-5,7,9H2,1-2H3,(H,24,25). The topological polar surface area (TPSA) is 64.6 Å². The Kier molecular flexibility index (Phi) is 6.57. The first kappa shape index (κ1) is 20.2. The molecule has 0 saturated carbocycles. The molecule has 5 nitrogen and oxygen atoms in total. The molecule has 1 aliphatic carbocycles. The number of rotatable bonds is 6. The molecule has 0 aromatic heterocycles. The van der Waals surface area contributed by atoms with E-state index in [1.54, 1.807) is 19.9 Å². The van der Waals surface area contributed by atoms with Crippen molar-refractivity contribution >= 4 is 29.2 Å². The summed E-state index contributed by atoms with van der Waals surface area (Å²) in [6.07, 6.45) is 3.69. The molecule has 0 saturated heterocycles. The van der Waals surface area contributed by atoms with Crippen molar-refractivity contribution in [3.8, 4) is 5.75 Å².